The topological polar surface area (TPSA) is 29.0 Å². The van der Waals surface area contributed by atoms with E-state index in [0.29, 0.717) is 0 Å². The Bertz CT molecular complexity index is 2080. The summed E-state index contributed by atoms with van der Waals surface area (Å²) in [6, 6.07) is 41.0. The van der Waals surface area contributed by atoms with Gasteiger partial charge in [-0.2, -0.15) is 0 Å². The van der Waals surface area contributed by atoms with Gasteiger partial charge < -0.3 is 0 Å². The molecule has 0 saturated carbocycles. The molecule has 0 aliphatic rings. The van der Waals surface area contributed by atoms with Gasteiger partial charge in [-0.15, -0.1) is 11.3 Å². The molecular weight excluding hydrogens is 482 g/mol. The molecule has 0 amide bonds. The molecule has 178 valence electrons. The molecule has 5 aromatic carbocycles. The maximum absolute atomic E-state index is 4.92. The molecular formula is C34H21N3S. The Hall–Kier alpha value is -4.80. The number of anilines is 3. The number of thiophene rings is 1. The van der Waals surface area contributed by atoms with Gasteiger partial charge in [0.15, 0.2) is 0 Å². The van der Waals surface area contributed by atoms with Crippen LogP contribution in [0.1, 0.15) is 0 Å². The van der Waals surface area contributed by atoms with Crippen LogP contribution in [0.15, 0.2) is 128 Å². The molecule has 0 N–H and O–H groups in total. The van der Waals surface area contributed by atoms with Gasteiger partial charge in [0.1, 0.15) is 5.82 Å². The Morgan fingerprint density at radius 2 is 1.21 bits per heavy atom. The molecule has 8 aromatic rings. The van der Waals surface area contributed by atoms with Gasteiger partial charge >= 0.3 is 0 Å². The fraction of sp³-hybridized carbons (Fsp3) is 0. The number of benzene rings is 5. The molecule has 0 atom stereocenters. The summed E-state index contributed by atoms with van der Waals surface area (Å²) < 4.78 is 2.53. The van der Waals surface area contributed by atoms with E-state index in [1.54, 1.807) is 0 Å². The van der Waals surface area contributed by atoms with Crippen molar-refractivity contribution in [2.24, 2.45) is 0 Å². The molecule has 0 bridgehead atoms. The highest BCUT2D eigenvalue weighted by Gasteiger charge is 2.17. The quantitative estimate of drug-likeness (QED) is 0.240. The number of nitrogens with zero attached hydrogens (tertiary/aromatic N) is 3. The molecule has 3 nitrogen and oxygen atoms in total. The molecule has 4 heteroatoms. The summed E-state index contributed by atoms with van der Waals surface area (Å²) in [5, 5.41) is 8.42. The second kappa shape index (κ2) is 8.37. The highest BCUT2D eigenvalue weighted by Crippen LogP contribution is 2.41. The zero-order valence-electron chi connectivity index (χ0n) is 20.4. The Kier molecular flexibility index (Phi) is 4.69. The van der Waals surface area contributed by atoms with Crippen LogP contribution in [0, 0.1) is 0 Å². The fourth-order valence-electron chi connectivity index (χ4n) is 5.39. The average Bonchev–Trinajstić information content (AvgIpc) is 3.32. The van der Waals surface area contributed by atoms with Crippen molar-refractivity contribution < 1.29 is 0 Å². The van der Waals surface area contributed by atoms with Crippen LogP contribution >= 0.6 is 11.3 Å². The summed E-state index contributed by atoms with van der Waals surface area (Å²) in [6.07, 6.45) is 3.83. The first-order valence-corrected chi connectivity index (χ1v) is 13.5. The van der Waals surface area contributed by atoms with Gasteiger partial charge in [-0.05, 0) is 64.7 Å². The number of hydrogen-bond donors (Lipinski definition) is 0. The van der Waals surface area contributed by atoms with Crippen LogP contribution in [-0.4, -0.2) is 9.97 Å². The van der Waals surface area contributed by atoms with Crippen molar-refractivity contribution in [2.75, 3.05) is 4.90 Å². The van der Waals surface area contributed by atoms with Crippen LogP contribution in [0.4, 0.5) is 17.2 Å². The van der Waals surface area contributed by atoms with Gasteiger partial charge in [0.25, 0.3) is 0 Å². The number of hydrogen-bond acceptors (Lipinski definition) is 4. The van der Waals surface area contributed by atoms with Gasteiger partial charge in [-0.3, -0.25) is 9.88 Å². The number of aromatic nitrogens is 2. The van der Waals surface area contributed by atoms with Gasteiger partial charge in [-0.1, -0.05) is 66.7 Å². The smallest absolute Gasteiger partial charge is 0.138 e. The maximum atomic E-state index is 4.92. The van der Waals surface area contributed by atoms with E-state index in [0.717, 1.165) is 28.1 Å². The minimum atomic E-state index is 0.898. The Morgan fingerprint density at radius 1 is 0.500 bits per heavy atom. The third kappa shape index (κ3) is 3.42. The first-order chi connectivity index (χ1) is 18.8. The molecule has 0 spiro atoms. The Labute approximate surface area is 223 Å². The van der Waals surface area contributed by atoms with Crippen molar-refractivity contribution in [3.8, 4) is 0 Å². The monoisotopic (exact) mass is 503 g/mol. The maximum Gasteiger partial charge on any atom is 0.138 e. The molecule has 0 aliphatic carbocycles. The predicted molar refractivity (Wildman–Crippen MR) is 162 cm³/mol. The lowest BCUT2D eigenvalue weighted by Crippen LogP contribution is -2.11. The van der Waals surface area contributed by atoms with E-state index in [9.17, 15) is 0 Å². The summed E-state index contributed by atoms with van der Waals surface area (Å²) in [5.41, 5.74) is 3.20. The van der Waals surface area contributed by atoms with E-state index in [4.69, 9.17) is 4.98 Å². The number of fused-ring (bicyclic) bond motifs is 6. The van der Waals surface area contributed by atoms with Gasteiger partial charge in [-0.25, -0.2) is 4.98 Å². The van der Waals surface area contributed by atoms with Gasteiger partial charge in [0.2, 0.25) is 0 Å². The standard InChI is InChI=1S/C34H21N3S/c1-2-7-23-16-27(12-11-22(23)6-1)37(34-18-24-8-3-4-9-26(24)21-36-34)28-13-14-29-30-20-31-25(10-5-15-35-31)17-32(30)38-33(29)19-28/h1-21H. The molecule has 0 fully saturated rings. The van der Waals surface area contributed by atoms with Gasteiger partial charge in [0, 0.05) is 54.7 Å². The van der Waals surface area contributed by atoms with E-state index >= 15 is 0 Å². The number of rotatable bonds is 3. The van der Waals surface area contributed by atoms with Gasteiger partial charge in [0.05, 0.1) is 5.52 Å². The SMILES string of the molecule is c1ccc2cc(N(c3ccc4c(c3)sc3cc5cccnc5cc34)c3cc4ccccc4cn3)ccc2c1. The van der Waals surface area contributed by atoms with Crippen molar-refractivity contribution in [2.45, 2.75) is 0 Å². The largest absolute Gasteiger partial charge is 0.295 e. The Morgan fingerprint density at radius 3 is 2.11 bits per heavy atom. The molecule has 3 heterocycles. The molecule has 8 rings (SSSR count). The van der Waals surface area contributed by atoms with E-state index in [2.05, 4.69) is 119 Å². The summed E-state index contributed by atoms with van der Waals surface area (Å²) in [7, 11) is 0. The molecule has 0 radical (unpaired) electrons. The van der Waals surface area contributed by atoms with Crippen molar-refractivity contribution in [3.63, 3.8) is 0 Å². The summed E-state index contributed by atoms with van der Waals surface area (Å²) >= 11 is 1.83. The fourth-order valence-corrected chi connectivity index (χ4v) is 6.56. The normalized spacial score (nSPS) is 11.7. The molecule has 38 heavy (non-hydrogen) atoms. The first kappa shape index (κ1) is 21.3. The highest BCUT2D eigenvalue weighted by atomic mass is 32.1. The highest BCUT2D eigenvalue weighted by molar-refractivity contribution is 7.25. The van der Waals surface area contributed by atoms with Crippen LogP contribution in [0.2, 0.25) is 0 Å². The van der Waals surface area contributed by atoms with Crippen molar-refractivity contribution in [1.29, 1.82) is 0 Å². The molecule has 3 aromatic heterocycles. The summed E-state index contributed by atoms with van der Waals surface area (Å²) in [6.45, 7) is 0. The van der Waals surface area contributed by atoms with Crippen molar-refractivity contribution >= 4 is 81.1 Å². The van der Waals surface area contributed by atoms with Crippen LogP contribution in [0.3, 0.4) is 0 Å². The zero-order chi connectivity index (χ0) is 25.1. The van der Waals surface area contributed by atoms with E-state index in [1.807, 2.05) is 29.8 Å². The lowest BCUT2D eigenvalue weighted by molar-refractivity contribution is 1.20. The van der Waals surface area contributed by atoms with Crippen LogP contribution in [-0.2, 0) is 0 Å². The second-order valence-electron chi connectivity index (χ2n) is 9.58. The van der Waals surface area contributed by atoms with Crippen molar-refractivity contribution in [1.82, 2.24) is 9.97 Å². The Balaban J connectivity index is 1.35. The number of pyridine rings is 2. The third-order valence-corrected chi connectivity index (χ3v) is 8.39. The molecule has 0 saturated heterocycles. The minimum Gasteiger partial charge on any atom is -0.295 e. The average molecular weight is 504 g/mol. The first-order valence-electron chi connectivity index (χ1n) is 12.6. The van der Waals surface area contributed by atoms with Crippen LogP contribution in [0.25, 0.3) is 52.6 Å². The van der Waals surface area contributed by atoms with E-state index < -0.39 is 0 Å². The van der Waals surface area contributed by atoms with E-state index in [1.165, 1.54) is 41.7 Å². The van der Waals surface area contributed by atoms with Crippen LogP contribution in [0.5, 0.6) is 0 Å². The molecule has 0 unspecified atom stereocenters. The predicted octanol–water partition coefficient (Wildman–Crippen LogP) is 9.77. The minimum absolute atomic E-state index is 0.898. The zero-order valence-corrected chi connectivity index (χ0v) is 21.2. The summed E-state index contributed by atoms with van der Waals surface area (Å²) in [5.74, 6) is 0.898. The lowest BCUT2D eigenvalue weighted by atomic mass is 10.1. The summed E-state index contributed by atoms with van der Waals surface area (Å²) in [4.78, 5) is 11.8. The van der Waals surface area contributed by atoms with Crippen molar-refractivity contribution in [3.05, 3.63) is 128 Å². The van der Waals surface area contributed by atoms with E-state index in [-0.39, 0.29) is 0 Å². The molecule has 0 aliphatic heterocycles. The third-order valence-electron chi connectivity index (χ3n) is 7.27. The van der Waals surface area contributed by atoms with Crippen LogP contribution < -0.4 is 4.90 Å². The second-order valence-corrected chi connectivity index (χ2v) is 10.7. The lowest BCUT2D eigenvalue weighted by Gasteiger charge is -2.25.